The van der Waals surface area contributed by atoms with Crippen LogP contribution in [0.4, 0.5) is 0 Å². The molecule has 0 aliphatic carbocycles. The third kappa shape index (κ3) is 2.97. The fourth-order valence-electron chi connectivity index (χ4n) is 1.53. The Morgan fingerprint density at radius 2 is 2.07 bits per heavy atom. The van der Waals surface area contributed by atoms with Gasteiger partial charge in [0.15, 0.2) is 0 Å². The molecule has 0 saturated heterocycles. The molecule has 0 aliphatic heterocycles. The van der Waals surface area contributed by atoms with Crippen molar-refractivity contribution in [3.05, 3.63) is 29.8 Å². The van der Waals surface area contributed by atoms with E-state index in [0.29, 0.717) is 6.54 Å². The number of benzene rings is 1. The van der Waals surface area contributed by atoms with Gasteiger partial charge in [0.2, 0.25) is 0 Å². The first-order valence-electron chi connectivity index (χ1n) is 4.86. The molecular weight excluding hydrogens is 188 g/mol. The van der Waals surface area contributed by atoms with E-state index in [9.17, 15) is 0 Å². The van der Waals surface area contributed by atoms with Gasteiger partial charge >= 0.3 is 0 Å². The van der Waals surface area contributed by atoms with Crippen molar-refractivity contribution in [3.8, 4) is 11.8 Å². The second-order valence-electron chi connectivity index (χ2n) is 3.69. The largest absolute Gasteiger partial charge is 0.496 e. The molecule has 15 heavy (non-hydrogen) atoms. The molecule has 80 valence electrons. The Morgan fingerprint density at radius 1 is 1.40 bits per heavy atom. The van der Waals surface area contributed by atoms with Crippen LogP contribution in [0.15, 0.2) is 24.3 Å². The van der Waals surface area contributed by atoms with E-state index in [1.807, 2.05) is 43.3 Å². The molecule has 0 spiro atoms. The Balaban J connectivity index is 2.97. The van der Waals surface area contributed by atoms with Gasteiger partial charge in [-0.05, 0) is 20.2 Å². The van der Waals surface area contributed by atoms with Crippen LogP contribution in [0.25, 0.3) is 0 Å². The second kappa shape index (κ2) is 5.38. The van der Waals surface area contributed by atoms with Crippen LogP contribution in [0.5, 0.6) is 5.75 Å². The lowest BCUT2D eigenvalue weighted by Crippen LogP contribution is -2.19. The summed E-state index contributed by atoms with van der Waals surface area (Å²) in [6.07, 6.45) is 0. The molecule has 0 radical (unpaired) electrons. The molecule has 0 bridgehead atoms. The highest BCUT2D eigenvalue weighted by Gasteiger charge is 2.15. The van der Waals surface area contributed by atoms with E-state index in [0.717, 1.165) is 11.3 Å². The van der Waals surface area contributed by atoms with Gasteiger partial charge in [0.05, 0.1) is 19.1 Å². The maximum atomic E-state index is 9.12. The summed E-state index contributed by atoms with van der Waals surface area (Å²) in [5, 5.41) is 9.12. The zero-order chi connectivity index (χ0) is 11.3. The summed E-state index contributed by atoms with van der Waals surface area (Å²) in [7, 11) is 5.54. The van der Waals surface area contributed by atoms with Crippen LogP contribution in [0.3, 0.4) is 0 Å². The van der Waals surface area contributed by atoms with E-state index in [4.69, 9.17) is 10.00 Å². The van der Waals surface area contributed by atoms with Crippen LogP contribution in [-0.4, -0.2) is 32.6 Å². The SMILES string of the molecule is COc1ccccc1C(C#N)CN(C)C. The van der Waals surface area contributed by atoms with Crippen LogP contribution in [0.1, 0.15) is 11.5 Å². The molecule has 0 heterocycles. The summed E-state index contributed by atoms with van der Waals surface area (Å²) in [6.45, 7) is 0.705. The van der Waals surface area contributed by atoms with Gasteiger partial charge in [-0.2, -0.15) is 5.26 Å². The highest BCUT2D eigenvalue weighted by atomic mass is 16.5. The zero-order valence-corrected chi connectivity index (χ0v) is 9.40. The first-order chi connectivity index (χ1) is 7.19. The molecule has 0 aliphatic rings. The molecule has 1 unspecified atom stereocenters. The third-order valence-corrected chi connectivity index (χ3v) is 2.22. The quantitative estimate of drug-likeness (QED) is 0.751. The Labute approximate surface area is 90.9 Å². The van der Waals surface area contributed by atoms with E-state index >= 15 is 0 Å². The summed E-state index contributed by atoms with van der Waals surface area (Å²) in [5.74, 6) is 0.641. The maximum Gasteiger partial charge on any atom is 0.123 e. The molecule has 3 heteroatoms. The fourth-order valence-corrected chi connectivity index (χ4v) is 1.53. The van der Waals surface area contributed by atoms with Crippen LogP contribution in [-0.2, 0) is 0 Å². The van der Waals surface area contributed by atoms with Crippen LogP contribution in [0, 0.1) is 11.3 Å². The molecule has 1 aromatic carbocycles. The van der Waals surface area contributed by atoms with Gasteiger partial charge in [-0.1, -0.05) is 18.2 Å². The van der Waals surface area contributed by atoms with Gasteiger partial charge in [-0.15, -0.1) is 0 Å². The Kier molecular flexibility index (Phi) is 4.14. The van der Waals surface area contributed by atoms with Crippen molar-refractivity contribution in [2.75, 3.05) is 27.7 Å². The molecular formula is C12H16N2O. The summed E-state index contributed by atoms with van der Waals surface area (Å²) < 4.78 is 5.24. The first-order valence-corrected chi connectivity index (χ1v) is 4.86. The normalized spacial score (nSPS) is 12.2. The van der Waals surface area contributed by atoms with E-state index in [1.54, 1.807) is 7.11 Å². The van der Waals surface area contributed by atoms with E-state index in [1.165, 1.54) is 0 Å². The number of methoxy groups -OCH3 is 1. The second-order valence-corrected chi connectivity index (χ2v) is 3.69. The van der Waals surface area contributed by atoms with Crippen LogP contribution < -0.4 is 4.74 Å². The zero-order valence-electron chi connectivity index (χ0n) is 9.40. The van der Waals surface area contributed by atoms with Crippen LogP contribution >= 0.6 is 0 Å². The van der Waals surface area contributed by atoms with Crippen molar-refractivity contribution in [1.82, 2.24) is 4.90 Å². The number of rotatable bonds is 4. The predicted molar refractivity (Wildman–Crippen MR) is 59.9 cm³/mol. The van der Waals surface area contributed by atoms with E-state index in [2.05, 4.69) is 6.07 Å². The Morgan fingerprint density at radius 3 is 2.60 bits per heavy atom. The minimum atomic E-state index is -0.142. The Bertz CT molecular complexity index is 355. The van der Waals surface area contributed by atoms with Gasteiger partial charge in [-0.3, -0.25) is 0 Å². The third-order valence-electron chi connectivity index (χ3n) is 2.22. The molecule has 0 N–H and O–H groups in total. The lowest BCUT2D eigenvalue weighted by molar-refractivity contribution is 0.380. The minimum Gasteiger partial charge on any atom is -0.496 e. The number of para-hydroxylation sites is 1. The predicted octanol–water partition coefficient (Wildman–Crippen LogP) is 1.86. The molecule has 0 amide bonds. The molecule has 1 aromatic rings. The first kappa shape index (κ1) is 11.5. The smallest absolute Gasteiger partial charge is 0.123 e. The molecule has 0 aromatic heterocycles. The van der Waals surface area contributed by atoms with Crippen molar-refractivity contribution >= 4 is 0 Å². The fraction of sp³-hybridized carbons (Fsp3) is 0.417. The van der Waals surface area contributed by atoms with Crippen LogP contribution in [0.2, 0.25) is 0 Å². The highest BCUT2D eigenvalue weighted by molar-refractivity contribution is 5.39. The van der Waals surface area contributed by atoms with Crippen molar-refractivity contribution in [1.29, 1.82) is 5.26 Å². The standard InChI is InChI=1S/C12H16N2O/c1-14(2)9-10(8-13)11-6-4-5-7-12(11)15-3/h4-7,10H,9H2,1-3H3. The summed E-state index contributed by atoms with van der Waals surface area (Å²) in [4.78, 5) is 2.00. The number of nitrogens with zero attached hydrogens (tertiary/aromatic N) is 2. The highest BCUT2D eigenvalue weighted by Crippen LogP contribution is 2.26. The molecule has 3 nitrogen and oxygen atoms in total. The van der Waals surface area contributed by atoms with E-state index in [-0.39, 0.29) is 5.92 Å². The van der Waals surface area contributed by atoms with Crippen molar-refractivity contribution in [2.24, 2.45) is 0 Å². The van der Waals surface area contributed by atoms with Gasteiger partial charge < -0.3 is 9.64 Å². The average molecular weight is 204 g/mol. The van der Waals surface area contributed by atoms with Crippen molar-refractivity contribution in [3.63, 3.8) is 0 Å². The number of nitriles is 1. The summed E-state index contributed by atoms with van der Waals surface area (Å²) in [5.41, 5.74) is 0.955. The van der Waals surface area contributed by atoms with Crippen molar-refractivity contribution < 1.29 is 4.74 Å². The Hall–Kier alpha value is -1.53. The summed E-state index contributed by atoms with van der Waals surface area (Å²) in [6, 6.07) is 9.97. The maximum absolute atomic E-state index is 9.12. The number of ether oxygens (including phenoxy) is 1. The van der Waals surface area contributed by atoms with Crippen molar-refractivity contribution in [2.45, 2.75) is 5.92 Å². The lowest BCUT2D eigenvalue weighted by Gasteiger charge is -2.17. The van der Waals surface area contributed by atoms with Gasteiger partial charge in [0.25, 0.3) is 0 Å². The number of hydrogen-bond acceptors (Lipinski definition) is 3. The number of likely N-dealkylation sites (N-methyl/N-ethyl adjacent to an activating group) is 1. The monoisotopic (exact) mass is 204 g/mol. The molecule has 1 rings (SSSR count). The molecule has 0 fully saturated rings. The van der Waals surface area contributed by atoms with Gasteiger partial charge in [-0.25, -0.2) is 0 Å². The lowest BCUT2D eigenvalue weighted by atomic mass is 9.99. The van der Waals surface area contributed by atoms with Gasteiger partial charge in [0.1, 0.15) is 5.75 Å². The molecule has 1 atom stereocenters. The van der Waals surface area contributed by atoms with E-state index < -0.39 is 0 Å². The average Bonchev–Trinajstić information content (AvgIpc) is 2.25. The van der Waals surface area contributed by atoms with Gasteiger partial charge in [0, 0.05) is 12.1 Å². The number of hydrogen-bond donors (Lipinski definition) is 0. The molecule has 0 saturated carbocycles. The summed E-state index contributed by atoms with van der Waals surface area (Å²) >= 11 is 0. The topological polar surface area (TPSA) is 36.3 Å². The minimum absolute atomic E-state index is 0.142.